The van der Waals surface area contributed by atoms with Gasteiger partial charge in [0.15, 0.2) is 0 Å². The highest BCUT2D eigenvalue weighted by molar-refractivity contribution is 7.89. The molecule has 6 nitrogen and oxygen atoms in total. The maximum Gasteiger partial charge on any atom is 0.251 e. The molecule has 1 aliphatic rings. The monoisotopic (exact) mass is 408 g/mol. The highest BCUT2D eigenvalue weighted by Gasteiger charge is 2.30. The summed E-state index contributed by atoms with van der Waals surface area (Å²) in [6, 6.07) is 11.2. The van der Waals surface area contributed by atoms with Crippen molar-refractivity contribution in [3.05, 3.63) is 58.6 Å². The molecule has 3 rings (SSSR count). The number of nitrogens with one attached hydrogen (secondary N) is 2. The first-order chi connectivity index (χ1) is 12.8. The van der Waals surface area contributed by atoms with Gasteiger partial charge in [0.1, 0.15) is 10.6 Å². The minimum atomic E-state index is -3.75. The highest BCUT2D eigenvalue weighted by Crippen LogP contribution is 2.28. The molecule has 0 aromatic heterocycles. The van der Waals surface area contributed by atoms with Gasteiger partial charge in [0.05, 0.1) is 13.2 Å². The molecule has 0 bridgehead atoms. The summed E-state index contributed by atoms with van der Waals surface area (Å²) in [4.78, 5) is 12.6. The fourth-order valence-electron chi connectivity index (χ4n) is 2.63. The summed E-state index contributed by atoms with van der Waals surface area (Å²) in [7, 11) is -2.35. The van der Waals surface area contributed by atoms with Crippen molar-refractivity contribution in [2.75, 3.05) is 7.11 Å². The number of hydrogen-bond donors (Lipinski definition) is 2. The molecular formula is C19H21ClN2O4S. The number of rotatable bonds is 7. The molecule has 1 unspecified atom stereocenters. The quantitative estimate of drug-likeness (QED) is 0.736. The fourth-order valence-corrected chi connectivity index (χ4v) is 4.25. The summed E-state index contributed by atoms with van der Waals surface area (Å²) in [5, 5.41) is 3.48. The van der Waals surface area contributed by atoms with Gasteiger partial charge in [-0.15, -0.1) is 0 Å². The number of methoxy groups -OCH3 is 1. The van der Waals surface area contributed by atoms with E-state index in [9.17, 15) is 13.2 Å². The van der Waals surface area contributed by atoms with Crippen LogP contribution in [-0.4, -0.2) is 27.5 Å². The predicted octanol–water partition coefficient (Wildman–Crippen LogP) is 3.28. The molecule has 2 aromatic rings. The normalized spacial score (nSPS) is 15.2. The second kappa shape index (κ2) is 7.88. The van der Waals surface area contributed by atoms with Gasteiger partial charge in [-0.05, 0) is 55.7 Å². The van der Waals surface area contributed by atoms with Crippen LogP contribution in [0.3, 0.4) is 0 Å². The zero-order chi connectivity index (χ0) is 19.6. The van der Waals surface area contributed by atoms with Gasteiger partial charge >= 0.3 is 0 Å². The van der Waals surface area contributed by atoms with E-state index >= 15 is 0 Å². The smallest absolute Gasteiger partial charge is 0.251 e. The number of halogens is 1. The number of ether oxygens (including phenoxy) is 1. The highest BCUT2D eigenvalue weighted by atomic mass is 35.5. The van der Waals surface area contributed by atoms with E-state index in [2.05, 4.69) is 10.0 Å². The first-order valence-corrected chi connectivity index (χ1v) is 10.4. The van der Waals surface area contributed by atoms with Crippen molar-refractivity contribution in [3.63, 3.8) is 0 Å². The summed E-state index contributed by atoms with van der Waals surface area (Å²) < 4.78 is 32.9. The van der Waals surface area contributed by atoms with Gasteiger partial charge in [-0.2, -0.15) is 0 Å². The lowest BCUT2D eigenvalue weighted by Crippen LogP contribution is -2.28. The SMILES string of the molecule is COc1ccc(C(=O)NC(C)c2ccc(Cl)cc2)cc1S(=O)(=O)NC1CC1. The van der Waals surface area contributed by atoms with Crippen LogP contribution in [0, 0.1) is 0 Å². The Morgan fingerprint density at radius 2 is 1.85 bits per heavy atom. The molecule has 27 heavy (non-hydrogen) atoms. The minimum absolute atomic E-state index is 0.0382. The number of amides is 1. The van der Waals surface area contributed by atoms with Crippen molar-refractivity contribution in [1.82, 2.24) is 10.0 Å². The van der Waals surface area contributed by atoms with Crippen molar-refractivity contribution in [3.8, 4) is 5.75 Å². The third-order valence-electron chi connectivity index (χ3n) is 4.33. The van der Waals surface area contributed by atoms with Gasteiger partial charge in [0.25, 0.3) is 5.91 Å². The predicted molar refractivity (Wildman–Crippen MR) is 104 cm³/mol. The van der Waals surface area contributed by atoms with Crippen LogP contribution in [0.4, 0.5) is 0 Å². The third kappa shape index (κ3) is 4.80. The lowest BCUT2D eigenvalue weighted by molar-refractivity contribution is 0.0939. The van der Waals surface area contributed by atoms with Gasteiger partial charge in [0.2, 0.25) is 10.0 Å². The molecule has 0 heterocycles. The first-order valence-electron chi connectivity index (χ1n) is 8.57. The molecular weight excluding hydrogens is 388 g/mol. The number of sulfonamides is 1. The van der Waals surface area contributed by atoms with Crippen molar-refractivity contribution >= 4 is 27.5 Å². The van der Waals surface area contributed by atoms with Crippen LogP contribution >= 0.6 is 11.6 Å². The van der Waals surface area contributed by atoms with E-state index in [0.29, 0.717) is 5.02 Å². The van der Waals surface area contributed by atoms with Crippen molar-refractivity contribution in [2.24, 2.45) is 0 Å². The van der Waals surface area contributed by atoms with Crippen LogP contribution < -0.4 is 14.8 Å². The van der Waals surface area contributed by atoms with Crippen LogP contribution in [0.5, 0.6) is 5.75 Å². The molecule has 0 spiro atoms. The zero-order valence-electron chi connectivity index (χ0n) is 15.0. The van der Waals surface area contributed by atoms with Crippen molar-refractivity contribution < 1.29 is 17.9 Å². The average molecular weight is 409 g/mol. The van der Waals surface area contributed by atoms with Crippen LogP contribution in [0.25, 0.3) is 0 Å². The summed E-state index contributed by atoms with van der Waals surface area (Å²) in [5.74, 6) is -0.173. The van der Waals surface area contributed by atoms with Gasteiger partial charge in [-0.3, -0.25) is 4.79 Å². The molecule has 0 saturated heterocycles. The van der Waals surface area contributed by atoms with Gasteiger partial charge in [-0.25, -0.2) is 13.1 Å². The van der Waals surface area contributed by atoms with Gasteiger partial charge in [0, 0.05) is 16.6 Å². The van der Waals surface area contributed by atoms with Crippen LogP contribution in [0.1, 0.15) is 41.7 Å². The molecule has 2 N–H and O–H groups in total. The Balaban J connectivity index is 1.82. The Hall–Kier alpha value is -2.09. The Kier molecular flexibility index (Phi) is 5.74. The molecule has 1 fully saturated rings. The second-order valence-corrected chi connectivity index (χ2v) is 8.63. The summed E-state index contributed by atoms with van der Waals surface area (Å²) in [6.45, 7) is 1.84. The maximum absolute atomic E-state index is 12.6. The Labute approximate surface area is 163 Å². The molecule has 1 atom stereocenters. The van der Waals surface area contributed by atoms with E-state index in [1.807, 2.05) is 19.1 Å². The molecule has 1 aliphatic carbocycles. The number of hydrogen-bond acceptors (Lipinski definition) is 4. The lowest BCUT2D eigenvalue weighted by Gasteiger charge is -2.16. The maximum atomic E-state index is 12.6. The van der Waals surface area contributed by atoms with Gasteiger partial charge < -0.3 is 10.1 Å². The van der Waals surface area contributed by atoms with E-state index < -0.39 is 10.0 Å². The standard InChI is InChI=1S/C19H21ClN2O4S/c1-12(13-3-6-15(20)7-4-13)21-19(23)14-5-10-17(26-2)18(11-14)27(24,25)22-16-8-9-16/h3-7,10-12,16,22H,8-9H2,1-2H3,(H,21,23). The van der Waals surface area contributed by atoms with Crippen LogP contribution in [-0.2, 0) is 10.0 Å². The molecule has 2 aromatic carbocycles. The van der Waals surface area contributed by atoms with Crippen LogP contribution in [0.15, 0.2) is 47.4 Å². The largest absolute Gasteiger partial charge is 0.495 e. The Morgan fingerprint density at radius 3 is 2.44 bits per heavy atom. The molecule has 1 saturated carbocycles. The first kappa shape index (κ1) is 19.7. The molecule has 1 amide bonds. The van der Waals surface area contributed by atoms with Gasteiger partial charge in [-0.1, -0.05) is 23.7 Å². The molecule has 144 valence electrons. The second-order valence-electron chi connectivity index (χ2n) is 6.51. The lowest BCUT2D eigenvalue weighted by atomic mass is 10.1. The molecule has 0 radical (unpaired) electrons. The topological polar surface area (TPSA) is 84.5 Å². The average Bonchev–Trinajstić information content (AvgIpc) is 3.44. The zero-order valence-corrected chi connectivity index (χ0v) is 16.6. The van der Waals surface area contributed by atoms with E-state index in [1.54, 1.807) is 18.2 Å². The molecule has 8 heteroatoms. The molecule has 0 aliphatic heterocycles. The number of benzene rings is 2. The summed E-state index contributed by atoms with van der Waals surface area (Å²) in [6.07, 6.45) is 1.64. The van der Waals surface area contributed by atoms with E-state index in [-0.39, 0.29) is 34.2 Å². The van der Waals surface area contributed by atoms with Crippen molar-refractivity contribution in [1.29, 1.82) is 0 Å². The van der Waals surface area contributed by atoms with E-state index in [1.165, 1.54) is 19.2 Å². The van der Waals surface area contributed by atoms with Crippen molar-refractivity contribution in [2.45, 2.75) is 36.7 Å². The fraction of sp³-hybridized carbons (Fsp3) is 0.316. The van der Waals surface area contributed by atoms with E-state index in [0.717, 1.165) is 18.4 Å². The Morgan fingerprint density at radius 1 is 1.19 bits per heavy atom. The summed E-state index contributed by atoms with van der Waals surface area (Å²) in [5.41, 5.74) is 1.14. The third-order valence-corrected chi connectivity index (χ3v) is 6.13. The van der Waals surface area contributed by atoms with Crippen LogP contribution in [0.2, 0.25) is 5.02 Å². The Bertz CT molecular complexity index is 941. The summed E-state index contributed by atoms with van der Waals surface area (Å²) >= 11 is 5.89. The number of carbonyl (C=O) groups excluding carboxylic acids is 1. The minimum Gasteiger partial charge on any atom is -0.495 e. The number of carbonyl (C=O) groups is 1. The van der Waals surface area contributed by atoms with E-state index in [4.69, 9.17) is 16.3 Å².